The minimum Gasteiger partial charge on any atom is -0.756 e. The normalized spacial score (nSPS) is 14.3. The maximum absolute atomic E-state index is 13.5. The summed E-state index contributed by atoms with van der Waals surface area (Å²) in [6, 6.07) is -0.916. The molecule has 0 aliphatic rings. The van der Waals surface area contributed by atoms with E-state index in [2.05, 4.69) is 111 Å². The first-order valence-corrected chi connectivity index (χ1v) is 34.0. The van der Waals surface area contributed by atoms with Gasteiger partial charge in [0.1, 0.15) is 19.3 Å². The number of unbranched alkanes of at least 4 members (excludes halogenated alkanes) is 28. The molecule has 0 aliphatic carbocycles. The van der Waals surface area contributed by atoms with Crippen LogP contribution in [0.15, 0.2) is 97.2 Å². The van der Waals surface area contributed by atoms with Crippen LogP contribution in [0.4, 0.5) is 0 Å². The number of hydrogen-bond acceptors (Lipinski definition) is 7. The molecule has 0 saturated heterocycles. The smallest absolute Gasteiger partial charge is 0.306 e. The molecule has 0 rings (SSSR count). The first kappa shape index (κ1) is 75.9. The second kappa shape index (κ2) is 58.1. The van der Waals surface area contributed by atoms with Gasteiger partial charge in [-0.1, -0.05) is 253 Å². The Morgan fingerprint density at radius 3 is 1.20 bits per heavy atom. The monoisotopic (exact) mass is 1120 g/mol. The molecule has 0 spiro atoms. The lowest BCUT2D eigenvalue weighted by Gasteiger charge is -2.30. The molecule has 1 amide bonds. The molecular weight excluding hydrogens is 1000 g/mol. The lowest BCUT2D eigenvalue weighted by Crippen LogP contribution is -2.47. The van der Waals surface area contributed by atoms with E-state index in [0.29, 0.717) is 23.9 Å². The minimum atomic E-state index is -4.72. The number of hydrogen-bond donors (Lipinski definition) is 1. The maximum Gasteiger partial charge on any atom is 0.306 e. The summed E-state index contributed by atoms with van der Waals surface area (Å²) in [5.74, 6) is -0.610. The average Bonchev–Trinajstić information content (AvgIpc) is 3.41. The fraction of sp³-hybridized carbons (Fsp3) is 0.739. The van der Waals surface area contributed by atoms with Gasteiger partial charge in [-0.05, 0) is 109 Å². The van der Waals surface area contributed by atoms with E-state index in [0.717, 1.165) is 83.5 Å². The summed E-state index contributed by atoms with van der Waals surface area (Å²) in [6.45, 7) is 6.75. The van der Waals surface area contributed by atoms with Crippen LogP contribution in [-0.2, 0) is 27.9 Å². The van der Waals surface area contributed by atoms with Crippen LogP contribution in [-0.4, -0.2) is 69.4 Å². The fourth-order valence-corrected chi connectivity index (χ4v) is 9.66. The van der Waals surface area contributed by atoms with Gasteiger partial charge in [-0.3, -0.25) is 14.2 Å². The zero-order valence-corrected chi connectivity index (χ0v) is 52.9. The van der Waals surface area contributed by atoms with Gasteiger partial charge in [-0.15, -0.1) is 0 Å². The van der Waals surface area contributed by atoms with Gasteiger partial charge < -0.3 is 28.5 Å². The Morgan fingerprint density at radius 1 is 0.443 bits per heavy atom. The molecular formula is C69H123N2O7P. The molecule has 0 aliphatic heterocycles. The maximum atomic E-state index is 13.5. The van der Waals surface area contributed by atoms with Crippen molar-refractivity contribution in [2.75, 3.05) is 40.9 Å². The van der Waals surface area contributed by atoms with Crippen molar-refractivity contribution >= 4 is 19.7 Å². The number of carbonyl (C=O) groups excluding carboxylic acids is 2. The Balaban J connectivity index is 5.17. The second-order valence-electron chi connectivity index (χ2n) is 22.9. The Morgan fingerprint density at radius 2 is 0.785 bits per heavy atom. The number of phosphoric acid groups is 1. The zero-order chi connectivity index (χ0) is 57.9. The van der Waals surface area contributed by atoms with E-state index in [9.17, 15) is 19.0 Å². The van der Waals surface area contributed by atoms with Crippen molar-refractivity contribution in [1.82, 2.24) is 5.32 Å². The third-order valence-corrected chi connectivity index (χ3v) is 15.0. The van der Waals surface area contributed by atoms with Gasteiger partial charge in [0, 0.05) is 12.8 Å². The highest BCUT2D eigenvalue weighted by Crippen LogP contribution is 2.38. The van der Waals surface area contributed by atoms with E-state index in [4.69, 9.17) is 13.8 Å². The van der Waals surface area contributed by atoms with Crippen LogP contribution in [0.25, 0.3) is 0 Å². The highest BCUT2D eigenvalue weighted by Gasteiger charge is 2.27. The third kappa shape index (κ3) is 59.4. The Bertz CT molecular complexity index is 1670. The number of rotatable bonds is 58. The van der Waals surface area contributed by atoms with Crippen molar-refractivity contribution in [1.29, 1.82) is 0 Å². The van der Waals surface area contributed by atoms with Gasteiger partial charge in [-0.25, -0.2) is 0 Å². The Labute approximate surface area is 488 Å². The first-order valence-electron chi connectivity index (χ1n) is 32.5. The van der Waals surface area contributed by atoms with Crippen molar-refractivity contribution in [3.05, 3.63) is 97.2 Å². The summed E-state index contributed by atoms with van der Waals surface area (Å²) < 4.78 is 30.3. The molecule has 0 aromatic heterocycles. The standard InChI is InChI=1S/C69H123N2O7P/c1-7-10-13-16-19-22-25-27-29-31-32-33-34-35-36-37-38-40-41-43-46-49-52-55-58-61-68(72)70-66(65-77-79(74,75)76-64-63-71(4,5)6)67(60-57-54-51-48-45-24-21-18-15-12-9-3)78-69(73)62-59-56-53-50-47-44-42-39-30-28-26-23-20-17-14-11-8-2/h19-20,22-23,27-30,32-33,42,44,50,53,57,60,66-67H,7-18,21,24-26,31,34-41,43,45-49,51-52,54-56,58-59,61-65H2,1-6H3,(H-,70,72,74,75)/b22-19-,23-20-,29-27-,30-28-,33-32-,44-42-,53-50-,60-57-. The first-order chi connectivity index (χ1) is 38.4. The van der Waals surface area contributed by atoms with Crippen molar-refractivity contribution in [3.8, 4) is 0 Å². The van der Waals surface area contributed by atoms with Crippen LogP contribution >= 0.6 is 7.82 Å². The predicted molar refractivity (Wildman–Crippen MR) is 339 cm³/mol. The number of nitrogens with zero attached hydrogens (tertiary/aromatic N) is 1. The number of phosphoric ester groups is 1. The van der Waals surface area contributed by atoms with E-state index >= 15 is 0 Å². The summed E-state index contributed by atoms with van der Waals surface area (Å²) in [5, 5.41) is 3.02. The van der Waals surface area contributed by atoms with Crippen LogP contribution in [0.2, 0.25) is 0 Å². The SMILES string of the molecule is CCCCC/C=C\C/C=C\C/C=C\C/C=C\CCCC(=O)OC(/C=C\CCCCCCCCCCC)C(COP(=O)([O-])OCC[N+](C)(C)C)NC(=O)CCCCCCCCCCCCCC/C=C\C/C=C\C/C=C\CCCCC. The number of nitrogens with one attached hydrogen (secondary N) is 1. The number of carbonyl (C=O) groups is 2. The van der Waals surface area contributed by atoms with E-state index in [1.807, 2.05) is 33.3 Å². The highest BCUT2D eigenvalue weighted by molar-refractivity contribution is 7.45. The molecule has 0 aromatic carbocycles. The second-order valence-corrected chi connectivity index (χ2v) is 24.3. The number of quaternary nitrogens is 1. The minimum absolute atomic E-state index is 0.0348. The van der Waals surface area contributed by atoms with Crippen LogP contribution in [0.5, 0.6) is 0 Å². The summed E-state index contributed by atoms with van der Waals surface area (Å²) in [6.07, 6.45) is 78.2. The van der Waals surface area contributed by atoms with Crippen LogP contribution in [0.3, 0.4) is 0 Å². The number of esters is 1. The molecule has 0 fully saturated rings. The van der Waals surface area contributed by atoms with E-state index < -0.39 is 32.5 Å². The number of likely N-dealkylation sites (N-methyl/N-ethyl adjacent to an activating group) is 1. The molecule has 0 saturated carbocycles. The molecule has 0 bridgehead atoms. The molecule has 3 unspecified atom stereocenters. The summed E-state index contributed by atoms with van der Waals surface area (Å²) in [4.78, 5) is 40.0. The topological polar surface area (TPSA) is 114 Å². The van der Waals surface area contributed by atoms with Crippen molar-refractivity contribution in [2.24, 2.45) is 0 Å². The molecule has 0 heterocycles. The summed E-state index contributed by atoms with van der Waals surface area (Å²) in [7, 11) is 1.15. The van der Waals surface area contributed by atoms with E-state index in [1.54, 1.807) is 0 Å². The summed E-state index contributed by atoms with van der Waals surface area (Å²) >= 11 is 0. The van der Waals surface area contributed by atoms with Gasteiger partial charge >= 0.3 is 5.97 Å². The zero-order valence-electron chi connectivity index (χ0n) is 52.1. The Hall–Kier alpha value is -3.07. The van der Waals surface area contributed by atoms with Crippen molar-refractivity contribution < 1.29 is 37.3 Å². The Kier molecular flexibility index (Phi) is 55.9. The third-order valence-electron chi connectivity index (χ3n) is 14.0. The predicted octanol–water partition coefficient (Wildman–Crippen LogP) is 19.7. The number of ether oxygens (including phenoxy) is 1. The molecule has 0 aromatic rings. The lowest BCUT2D eigenvalue weighted by molar-refractivity contribution is -0.870. The van der Waals surface area contributed by atoms with Gasteiger partial charge in [0.25, 0.3) is 7.82 Å². The molecule has 9 nitrogen and oxygen atoms in total. The molecule has 1 N–H and O–H groups in total. The number of amides is 1. The van der Waals surface area contributed by atoms with Gasteiger partial charge in [0.2, 0.25) is 5.91 Å². The molecule has 10 heteroatoms. The van der Waals surface area contributed by atoms with Gasteiger partial charge in [-0.2, -0.15) is 0 Å². The van der Waals surface area contributed by atoms with Crippen LogP contribution in [0, 0.1) is 0 Å². The molecule has 0 radical (unpaired) electrons. The van der Waals surface area contributed by atoms with Crippen LogP contribution in [0.1, 0.15) is 278 Å². The lowest BCUT2D eigenvalue weighted by atomic mass is 10.0. The molecule has 456 valence electrons. The average molecular weight is 1120 g/mol. The number of allylic oxidation sites excluding steroid dienone is 15. The van der Waals surface area contributed by atoms with Gasteiger partial charge in [0.05, 0.1) is 33.8 Å². The van der Waals surface area contributed by atoms with Crippen molar-refractivity contribution in [3.63, 3.8) is 0 Å². The fourth-order valence-electron chi connectivity index (χ4n) is 8.93. The molecule has 3 atom stereocenters. The van der Waals surface area contributed by atoms with Crippen molar-refractivity contribution in [2.45, 2.75) is 290 Å². The summed E-state index contributed by atoms with van der Waals surface area (Å²) in [5.41, 5.74) is 0. The van der Waals surface area contributed by atoms with Gasteiger partial charge in [0.15, 0.2) is 0 Å². The largest absolute Gasteiger partial charge is 0.756 e. The molecule has 79 heavy (non-hydrogen) atoms. The quantitative estimate of drug-likeness (QED) is 0.0212. The van der Waals surface area contributed by atoms with Crippen LogP contribution < -0.4 is 10.2 Å². The van der Waals surface area contributed by atoms with E-state index in [-0.39, 0.29) is 18.9 Å². The van der Waals surface area contributed by atoms with E-state index in [1.165, 1.54) is 154 Å². The highest BCUT2D eigenvalue weighted by atomic mass is 31.2.